The zero-order valence-electron chi connectivity index (χ0n) is 21.8. The first-order valence-electron chi connectivity index (χ1n) is 13.1. The number of hydrogen-bond acceptors (Lipinski definition) is 3. The molecule has 1 N–H and O–H groups in total. The normalized spacial score (nSPS) is 17.3. The molecule has 0 unspecified atom stereocenters. The van der Waals surface area contributed by atoms with Crippen LogP contribution < -0.4 is 9.64 Å². The highest BCUT2D eigenvalue weighted by Gasteiger charge is 2.57. The third-order valence-corrected chi connectivity index (χ3v) is 7.63. The number of fused-ring (bicyclic) bond motifs is 2. The predicted octanol–water partition coefficient (Wildman–Crippen LogP) is 6.78. The summed E-state index contributed by atoms with van der Waals surface area (Å²) in [6, 6.07) is 34.0. The molecule has 194 valence electrons. The van der Waals surface area contributed by atoms with Crippen molar-refractivity contribution in [1.29, 1.82) is 0 Å². The molecule has 5 nitrogen and oxygen atoms in total. The van der Waals surface area contributed by atoms with Gasteiger partial charge in [-0.3, -0.25) is 4.79 Å². The summed E-state index contributed by atoms with van der Waals surface area (Å²) in [5, 5.41) is 0.988. The van der Waals surface area contributed by atoms with Crippen LogP contribution in [0.5, 0.6) is 5.75 Å². The summed E-state index contributed by atoms with van der Waals surface area (Å²) in [4.78, 5) is 20.2. The number of carbonyl (C=O) groups is 1. The Morgan fingerprint density at radius 1 is 0.872 bits per heavy atom. The lowest BCUT2D eigenvalue weighted by Gasteiger charge is -2.35. The van der Waals surface area contributed by atoms with Gasteiger partial charge in [-0.15, -0.1) is 6.58 Å². The summed E-state index contributed by atoms with van der Waals surface area (Å²) < 4.78 is 11.9. The number of rotatable bonds is 9. The van der Waals surface area contributed by atoms with Crippen molar-refractivity contribution < 1.29 is 14.3 Å². The Hall–Kier alpha value is -4.61. The SMILES string of the molecule is C=C[C@@H](OCc1ccccc1)[C@]1(c2c[nH]c3ccccc23)C(=O)N(Cc2ccc(OC)cc2)c2ccccc21. The van der Waals surface area contributed by atoms with E-state index in [2.05, 4.69) is 17.6 Å². The highest BCUT2D eigenvalue weighted by atomic mass is 16.5. The van der Waals surface area contributed by atoms with Crippen molar-refractivity contribution in [2.45, 2.75) is 24.7 Å². The number of ether oxygens (including phenoxy) is 2. The largest absolute Gasteiger partial charge is 0.497 e. The molecule has 0 radical (unpaired) electrons. The minimum atomic E-state index is -1.13. The van der Waals surface area contributed by atoms with Gasteiger partial charge >= 0.3 is 0 Å². The van der Waals surface area contributed by atoms with E-state index in [0.717, 1.165) is 44.6 Å². The number of nitrogens with zero attached hydrogens (tertiary/aromatic N) is 1. The molecule has 4 aromatic carbocycles. The van der Waals surface area contributed by atoms with E-state index in [0.29, 0.717) is 13.2 Å². The van der Waals surface area contributed by atoms with E-state index in [-0.39, 0.29) is 5.91 Å². The van der Waals surface area contributed by atoms with E-state index >= 15 is 0 Å². The molecule has 1 aromatic heterocycles. The number of carbonyl (C=O) groups excluding carboxylic acids is 1. The van der Waals surface area contributed by atoms with E-state index in [1.807, 2.05) is 108 Å². The van der Waals surface area contributed by atoms with E-state index in [1.165, 1.54) is 0 Å². The topological polar surface area (TPSA) is 54.6 Å². The minimum absolute atomic E-state index is 0.0396. The molecule has 2 heterocycles. The predicted molar refractivity (Wildman–Crippen MR) is 155 cm³/mol. The van der Waals surface area contributed by atoms with Crippen molar-refractivity contribution in [2.24, 2.45) is 0 Å². The van der Waals surface area contributed by atoms with Gasteiger partial charge in [-0.05, 0) is 41.0 Å². The Kier molecular flexibility index (Phi) is 6.51. The summed E-state index contributed by atoms with van der Waals surface area (Å²) in [5.41, 5.74) is 4.55. The van der Waals surface area contributed by atoms with Gasteiger partial charge in [0, 0.05) is 28.4 Å². The molecule has 2 atom stereocenters. The molecule has 5 heteroatoms. The van der Waals surface area contributed by atoms with Crippen molar-refractivity contribution >= 4 is 22.5 Å². The third-order valence-electron chi connectivity index (χ3n) is 7.63. The molecule has 39 heavy (non-hydrogen) atoms. The molecule has 1 amide bonds. The smallest absolute Gasteiger partial charge is 0.245 e. The van der Waals surface area contributed by atoms with Crippen LogP contribution in [0, 0.1) is 0 Å². The second-order valence-electron chi connectivity index (χ2n) is 9.77. The summed E-state index contributed by atoms with van der Waals surface area (Å²) in [5.74, 6) is 0.739. The Balaban J connectivity index is 1.51. The van der Waals surface area contributed by atoms with Gasteiger partial charge in [0.1, 0.15) is 11.2 Å². The van der Waals surface area contributed by atoms with Gasteiger partial charge in [-0.2, -0.15) is 0 Å². The molecule has 0 saturated heterocycles. The Morgan fingerprint density at radius 2 is 1.59 bits per heavy atom. The number of aromatic nitrogens is 1. The lowest BCUT2D eigenvalue weighted by atomic mass is 9.70. The summed E-state index contributed by atoms with van der Waals surface area (Å²) in [6.45, 7) is 4.95. The van der Waals surface area contributed by atoms with Crippen LogP contribution >= 0.6 is 0 Å². The van der Waals surface area contributed by atoms with Crippen LogP contribution in [0.1, 0.15) is 22.3 Å². The number of nitrogens with one attached hydrogen (secondary N) is 1. The van der Waals surface area contributed by atoms with Gasteiger partial charge in [-0.1, -0.05) is 84.9 Å². The second kappa shape index (κ2) is 10.3. The lowest BCUT2D eigenvalue weighted by Crippen LogP contribution is -2.49. The number of methoxy groups -OCH3 is 1. The molecular weight excluding hydrogens is 484 g/mol. The maximum Gasteiger partial charge on any atom is 0.245 e. The molecule has 0 bridgehead atoms. The quantitative estimate of drug-likeness (QED) is 0.221. The monoisotopic (exact) mass is 514 g/mol. The lowest BCUT2D eigenvalue weighted by molar-refractivity contribution is -0.126. The van der Waals surface area contributed by atoms with Gasteiger partial charge in [0.2, 0.25) is 5.91 Å². The number of aromatic amines is 1. The Bertz CT molecular complexity index is 1620. The van der Waals surface area contributed by atoms with Gasteiger partial charge in [0.05, 0.1) is 26.4 Å². The summed E-state index contributed by atoms with van der Waals surface area (Å²) in [6.07, 6.45) is 3.11. The standard InChI is InChI=1S/C34H30N2O3/c1-3-32(39-23-25-11-5-4-6-12-25)34(29-21-35-30-15-9-7-13-27(29)30)28-14-8-10-16-31(28)36(33(34)37)22-24-17-19-26(38-2)20-18-24/h3-21,32,35H,1,22-23H2,2H3/t32-,34+/m1/s1. The van der Waals surface area contributed by atoms with Crippen LogP contribution in [0.3, 0.4) is 0 Å². The van der Waals surface area contributed by atoms with Crippen LogP contribution in [0.2, 0.25) is 0 Å². The highest BCUT2D eigenvalue weighted by Crippen LogP contribution is 2.51. The maximum atomic E-state index is 14.9. The van der Waals surface area contributed by atoms with Gasteiger partial charge in [0.25, 0.3) is 0 Å². The van der Waals surface area contributed by atoms with Crippen LogP contribution in [0.25, 0.3) is 10.9 Å². The molecule has 1 aliphatic heterocycles. The fourth-order valence-corrected chi connectivity index (χ4v) is 5.77. The van der Waals surface area contributed by atoms with Crippen molar-refractivity contribution in [3.8, 4) is 5.75 Å². The van der Waals surface area contributed by atoms with Crippen molar-refractivity contribution in [1.82, 2.24) is 4.98 Å². The van der Waals surface area contributed by atoms with Crippen LogP contribution in [0.15, 0.2) is 122 Å². The highest BCUT2D eigenvalue weighted by molar-refractivity contribution is 6.13. The number of para-hydroxylation sites is 2. The van der Waals surface area contributed by atoms with Crippen LogP contribution in [-0.4, -0.2) is 24.1 Å². The van der Waals surface area contributed by atoms with Crippen molar-refractivity contribution in [2.75, 3.05) is 12.0 Å². The first-order valence-corrected chi connectivity index (χ1v) is 13.1. The average molecular weight is 515 g/mol. The van der Waals surface area contributed by atoms with Gasteiger partial charge in [-0.25, -0.2) is 0 Å². The maximum absolute atomic E-state index is 14.9. The Morgan fingerprint density at radius 3 is 2.36 bits per heavy atom. The minimum Gasteiger partial charge on any atom is -0.497 e. The number of hydrogen-bond donors (Lipinski definition) is 1. The molecule has 5 aromatic rings. The Labute approximate surface area is 228 Å². The fraction of sp³-hybridized carbons (Fsp3) is 0.147. The first kappa shape index (κ1) is 24.7. The first-order chi connectivity index (χ1) is 19.2. The van der Waals surface area contributed by atoms with Crippen LogP contribution in [-0.2, 0) is 28.1 Å². The third kappa shape index (κ3) is 4.12. The molecule has 0 aliphatic carbocycles. The van der Waals surface area contributed by atoms with Gasteiger partial charge in [0.15, 0.2) is 0 Å². The molecule has 0 spiro atoms. The summed E-state index contributed by atoms with van der Waals surface area (Å²) in [7, 11) is 1.65. The van der Waals surface area contributed by atoms with Gasteiger partial charge < -0.3 is 19.4 Å². The molecule has 1 aliphatic rings. The second-order valence-corrected chi connectivity index (χ2v) is 9.77. The number of H-pyrrole nitrogens is 1. The molecule has 0 saturated carbocycles. The van der Waals surface area contributed by atoms with Crippen molar-refractivity contribution in [3.05, 3.63) is 144 Å². The molecule has 0 fully saturated rings. The summed E-state index contributed by atoms with van der Waals surface area (Å²) >= 11 is 0. The zero-order chi connectivity index (χ0) is 26.8. The number of anilines is 1. The van der Waals surface area contributed by atoms with E-state index < -0.39 is 11.5 Å². The molecule has 6 rings (SSSR count). The number of benzene rings is 4. The van der Waals surface area contributed by atoms with Crippen molar-refractivity contribution in [3.63, 3.8) is 0 Å². The van der Waals surface area contributed by atoms with E-state index in [1.54, 1.807) is 13.2 Å². The average Bonchev–Trinajstić information content (AvgIpc) is 3.52. The zero-order valence-corrected chi connectivity index (χ0v) is 21.8. The fourth-order valence-electron chi connectivity index (χ4n) is 5.77. The molecular formula is C34H30N2O3. The van der Waals surface area contributed by atoms with Crippen LogP contribution in [0.4, 0.5) is 5.69 Å². The van der Waals surface area contributed by atoms with E-state index in [9.17, 15) is 4.79 Å². The number of amides is 1. The van der Waals surface area contributed by atoms with E-state index in [4.69, 9.17) is 9.47 Å².